The van der Waals surface area contributed by atoms with Crippen molar-refractivity contribution in [3.05, 3.63) is 0 Å². The average Bonchev–Trinajstić information content (AvgIpc) is 2.19. The standard InChI is InChI=1S/C8H20NO.C2H4O3/c1-5-9(3,4)7-8-10-6-2;1-5-2(3)4/h5-8H2,1-4H3;1H3,(H,3,4)/q+1;/p-1. The topological polar surface area (TPSA) is 58.6 Å². The van der Waals surface area contributed by atoms with Gasteiger partial charge in [-0.25, -0.2) is 0 Å². The Morgan fingerprint density at radius 1 is 1.33 bits per heavy atom. The smallest absolute Gasteiger partial charge is 0.251 e. The maximum Gasteiger partial charge on any atom is 0.251 e. The number of likely N-dealkylation sites (N-methyl/N-ethyl adjacent to an activating group) is 1. The summed E-state index contributed by atoms with van der Waals surface area (Å²) in [6, 6.07) is 0. The highest BCUT2D eigenvalue weighted by atomic mass is 16.6. The van der Waals surface area contributed by atoms with Crippen LogP contribution in [0.15, 0.2) is 0 Å². The third kappa shape index (κ3) is 15.9. The van der Waals surface area contributed by atoms with E-state index in [1.807, 2.05) is 6.92 Å². The first-order valence-electron chi connectivity index (χ1n) is 5.04. The van der Waals surface area contributed by atoms with Crippen LogP contribution < -0.4 is 5.11 Å². The summed E-state index contributed by atoms with van der Waals surface area (Å²) in [7, 11) is 5.48. The molecule has 0 aromatic heterocycles. The van der Waals surface area contributed by atoms with Gasteiger partial charge in [-0.2, -0.15) is 0 Å². The first-order valence-corrected chi connectivity index (χ1v) is 5.04. The second kappa shape index (κ2) is 9.73. The lowest BCUT2D eigenvalue weighted by Crippen LogP contribution is -2.41. The van der Waals surface area contributed by atoms with Crippen LogP contribution in [0.2, 0.25) is 0 Å². The molecule has 0 aliphatic rings. The van der Waals surface area contributed by atoms with Gasteiger partial charge < -0.3 is 23.9 Å². The minimum absolute atomic E-state index is 0.837. The van der Waals surface area contributed by atoms with Crippen LogP contribution in [0.5, 0.6) is 0 Å². The maximum absolute atomic E-state index is 9.03. The highest BCUT2D eigenvalue weighted by Gasteiger charge is 2.09. The largest absolute Gasteiger partial charge is 0.553 e. The van der Waals surface area contributed by atoms with Crippen molar-refractivity contribution >= 4 is 6.16 Å². The van der Waals surface area contributed by atoms with Gasteiger partial charge in [-0.05, 0) is 13.8 Å². The molecule has 0 bridgehead atoms. The van der Waals surface area contributed by atoms with Crippen molar-refractivity contribution in [1.82, 2.24) is 0 Å². The highest BCUT2D eigenvalue weighted by molar-refractivity contribution is 5.53. The Bertz CT molecular complexity index is 160. The molecule has 0 aromatic carbocycles. The molecule has 0 atom stereocenters. The van der Waals surface area contributed by atoms with E-state index in [1.54, 1.807) is 0 Å². The van der Waals surface area contributed by atoms with E-state index in [4.69, 9.17) is 14.6 Å². The molecule has 0 aliphatic carbocycles. The third-order valence-corrected chi connectivity index (χ3v) is 2.07. The highest BCUT2D eigenvalue weighted by Crippen LogP contribution is 1.94. The first-order chi connectivity index (χ1) is 6.89. The van der Waals surface area contributed by atoms with Crippen LogP contribution in [0.25, 0.3) is 0 Å². The molecule has 0 saturated carbocycles. The molecule has 5 heteroatoms. The molecular formula is C10H23NO4. The summed E-state index contributed by atoms with van der Waals surface area (Å²) in [5.74, 6) is 0. The molecule has 0 aliphatic heterocycles. The van der Waals surface area contributed by atoms with Gasteiger partial charge in [0, 0.05) is 13.7 Å². The lowest BCUT2D eigenvalue weighted by Gasteiger charge is -2.27. The first kappa shape index (κ1) is 16.6. The zero-order valence-electron chi connectivity index (χ0n) is 10.4. The van der Waals surface area contributed by atoms with Crippen molar-refractivity contribution in [2.75, 3.05) is 47.5 Å². The Morgan fingerprint density at radius 3 is 2.07 bits per heavy atom. The van der Waals surface area contributed by atoms with Crippen molar-refractivity contribution in [1.29, 1.82) is 0 Å². The number of carboxylic acid groups (broad SMARTS) is 1. The fourth-order valence-corrected chi connectivity index (χ4v) is 0.614. The van der Waals surface area contributed by atoms with Crippen LogP contribution in [0.1, 0.15) is 13.8 Å². The zero-order chi connectivity index (χ0) is 12.3. The Balaban J connectivity index is 0. The molecule has 0 saturated heterocycles. The molecule has 0 fully saturated rings. The van der Waals surface area contributed by atoms with E-state index >= 15 is 0 Å². The molecule has 0 amide bonds. The minimum Gasteiger partial charge on any atom is -0.553 e. The second-order valence-electron chi connectivity index (χ2n) is 3.63. The van der Waals surface area contributed by atoms with Gasteiger partial charge in [0.2, 0.25) is 0 Å². The van der Waals surface area contributed by atoms with E-state index in [0.29, 0.717) is 0 Å². The molecule has 0 heterocycles. The van der Waals surface area contributed by atoms with E-state index < -0.39 is 6.16 Å². The van der Waals surface area contributed by atoms with Gasteiger partial charge in [-0.3, -0.25) is 0 Å². The SMILES string of the molecule is CCOCC[N+](C)(C)CC.COC(=O)[O-]. The van der Waals surface area contributed by atoms with Crippen molar-refractivity contribution in [2.45, 2.75) is 13.8 Å². The summed E-state index contributed by atoms with van der Waals surface area (Å²) in [6.45, 7) is 8.25. The zero-order valence-corrected chi connectivity index (χ0v) is 10.4. The summed E-state index contributed by atoms with van der Waals surface area (Å²) < 4.78 is 9.87. The Kier molecular flexibility index (Phi) is 10.8. The van der Waals surface area contributed by atoms with Crippen LogP contribution in [0.3, 0.4) is 0 Å². The molecule has 0 N–H and O–H groups in total. The Morgan fingerprint density at radius 2 is 1.80 bits per heavy atom. The van der Waals surface area contributed by atoms with Gasteiger partial charge in [0.05, 0.1) is 27.2 Å². The van der Waals surface area contributed by atoms with E-state index in [2.05, 4.69) is 25.8 Å². The summed E-state index contributed by atoms with van der Waals surface area (Å²) in [5, 5.41) is 9.03. The average molecular weight is 221 g/mol. The molecule has 5 nitrogen and oxygen atoms in total. The van der Waals surface area contributed by atoms with Crippen LogP contribution in [0, 0.1) is 0 Å². The number of hydrogen-bond acceptors (Lipinski definition) is 4. The fourth-order valence-electron chi connectivity index (χ4n) is 0.614. The summed E-state index contributed by atoms with van der Waals surface area (Å²) >= 11 is 0. The van der Waals surface area contributed by atoms with Gasteiger partial charge in [0.1, 0.15) is 6.54 Å². The number of ether oxygens (including phenoxy) is 2. The molecule has 0 aromatic rings. The number of nitrogens with zero attached hydrogens (tertiary/aromatic N) is 1. The molecule has 15 heavy (non-hydrogen) atoms. The van der Waals surface area contributed by atoms with E-state index in [9.17, 15) is 0 Å². The third-order valence-electron chi connectivity index (χ3n) is 2.07. The van der Waals surface area contributed by atoms with Gasteiger partial charge in [-0.1, -0.05) is 0 Å². The summed E-state index contributed by atoms with van der Waals surface area (Å²) in [5.41, 5.74) is 0. The number of quaternary nitrogens is 1. The maximum atomic E-state index is 9.03. The second-order valence-corrected chi connectivity index (χ2v) is 3.63. The van der Waals surface area contributed by atoms with Gasteiger partial charge in [0.25, 0.3) is 6.16 Å². The van der Waals surface area contributed by atoms with Crippen molar-refractivity contribution in [3.8, 4) is 0 Å². The van der Waals surface area contributed by atoms with E-state index in [1.165, 1.54) is 6.54 Å². The van der Waals surface area contributed by atoms with Crippen molar-refractivity contribution < 1.29 is 23.9 Å². The number of carbonyl (C=O) groups excluding carboxylic acids is 1. The summed E-state index contributed by atoms with van der Waals surface area (Å²) in [6.07, 6.45) is -1.50. The molecule has 0 unspecified atom stereocenters. The van der Waals surface area contributed by atoms with Gasteiger partial charge in [0.15, 0.2) is 0 Å². The lowest BCUT2D eigenvalue weighted by molar-refractivity contribution is -0.888. The molecule has 0 radical (unpaired) electrons. The van der Waals surface area contributed by atoms with Crippen LogP contribution in [0.4, 0.5) is 4.79 Å². The van der Waals surface area contributed by atoms with Gasteiger partial charge >= 0.3 is 0 Å². The fraction of sp³-hybridized carbons (Fsp3) is 0.900. The lowest BCUT2D eigenvalue weighted by atomic mass is 10.4. The molecule has 92 valence electrons. The van der Waals surface area contributed by atoms with E-state index in [0.717, 1.165) is 31.4 Å². The molecule has 0 rings (SSSR count). The number of methoxy groups -OCH3 is 1. The van der Waals surface area contributed by atoms with E-state index in [-0.39, 0.29) is 0 Å². The summed E-state index contributed by atoms with van der Waals surface area (Å²) in [4.78, 5) is 9.03. The van der Waals surface area contributed by atoms with Crippen LogP contribution in [-0.2, 0) is 9.47 Å². The monoisotopic (exact) mass is 221 g/mol. The predicted molar refractivity (Wildman–Crippen MR) is 56.4 cm³/mol. The Hall–Kier alpha value is -0.810. The minimum atomic E-state index is -1.50. The van der Waals surface area contributed by atoms with Crippen molar-refractivity contribution in [3.63, 3.8) is 0 Å². The van der Waals surface area contributed by atoms with Crippen LogP contribution >= 0.6 is 0 Å². The predicted octanol–water partition coefficient (Wildman–Crippen LogP) is 0.0953. The van der Waals surface area contributed by atoms with Gasteiger partial charge in [-0.15, -0.1) is 0 Å². The number of carbonyl (C=O) groups is 1. The van der Waals surface area contributed by atoms with Crippen LogP contribution in [-0.4, -0.2) is 58.1 Å². The molecule has 0 spiro atoms. The Labute approximate surface area is 92.2 Å². The number of rotatable bonds is 5. The molecular weight excluding hydrogens is 198 g/mol. The van der Waals surface area contributed by atoms with Crippen molar-refractivity contribution in [2.24, 2.45) is 0 Å². The quantitative estimate of drug-likeness (QED) is 0.375. The number of hydrogen-bond donors (Lipinski definition) is 0. The normalized spacial score (nSPS) is 10.2.